The Morgan fingerprint density at radius 2 is 1.89 bits per heavy atom. The smallest absolute Gasteiger partial charge is 0.307 e. The van der Waals surface area contributed by atoms with Crippen molar-refractivity contribution < 1.29 is 19.0 Å². The van der Waals surface area contributed by atoms with Gasteiger partial charge in [0.2, 0.25) is 0 Å². The molecular weight excluding hydrogens is 348 g/mol. The van der Waals surface area contributed by atoms with Crippen LogP contribution in [0.3, 0.4) is 0 Å². The summed E-state index contributed by atoms with van der Waals surface area (Å²) in [4.78, 5) is 20.1. The Labute approximate surface area is 161 Å². The zero-order valence-corrected chi connectivity index (χ0v) is 16.7. The van der Waals surface area contributed by atoms with Gasteiger partial charge in [0, 0.05) is 51.9 Å². The number of nitrogens with one attached hydrogen (secondary N) is 1. The SMILES string of the molecule is CN=C(NCCC(=O)OC)N1CCN(Cc2cc(OC)ccc2OC)CC1. The number of guanidine groups is 1. The van der Waals surface area contributed by atoms with Gasteiger partial charge in [0.05, 0.1) is 27.8 Å². The molecule has 150 valence electrons. The van der Waals surface area contributed by atoms with E-state index in [0.717, 1.165) is 55.7 Å². The van der Waals surface area contributed by atoms with E-state index in [1.165, 1.54) is 7.11 Å². The van der Waals surface area contributed by atoms with E-state index in [0.29, 0.717) is 13.0 Å². The normalized spacial score (nSPS) is 15.4. The average molecular weight is 378 g/mol. The number of hydrogen-bond donors (Lipinski definition) is 1. The Bertz CT molecular complexity index is 643. The van der Waals surface area contributed by atoms with Crippen molar-refractivity contribution in [2.45, 2.75) is 13.0 Å². The second-order valence-electron chi connectivity index (χ2n) is 6.24. The van der Waals surface area contributed by atoms with Crippen LogP contribution in [-0.2, 0) is 16.1 Å². The second-order valence-corrected chi connectivity index (χ2v) is 6.24. The van der Waals surface area contributed by atoms with Crippen LogP contribution in [0, 0.1) is 0 Å². The zero-order valence-electron chi connectivity index (χ0n) is 16.7. The van der Waals surface area contributed by atoms with Crippen molar-refractivity contribution in [1.82, 2.24) is 15.1 Å². The van der Waals surface area contributed by atoms with Gasteiger partial charge < -0.3 is 24.4 Å². The molecule has 1 aromatic carbocycles. The minimum Gasteiger partial charge on any atom is -0.497 e. The summed E-state index contributed by atoms with van der Waals surface area (Å²) in [5.41, 5.74) is 1.12. The number of esters is 1. The first-order valence-corrected chi connectivity index (χ1v) is 9.07. The van der Waals surface area contributed by atoms with Crippen LogP contribution < -0.4 is 14.8 Å². The third-order valence-electron chi connectivity index (χ3n) is 4.61. The molecule has 0 bridgehead atoms. The standard InChI is InChI=1S/C19H30N4O4/c1-20-19(21-8-7-18(24)27-4)23-11-9-22(10-12-23)14-15-13-16(25-2)5-6-17(15)26-3/h5-6,13H,7-12,14H2,1-4H3,(H,20,21). The predicted octanol–water partition coefficient (Wildman–Crippen LogP) is 0.960. The number of methoxy groups -OCH3 is 3. The van der Waals surface area contributed by atoms with Crippen LogP contribution in [0.1, 0.15) is 12.0 Å². The van der Waals surface area contributed by atoms with Crippen LogP contribution >= 0.6 is 0 Å². The Morgan fingerprint density at radius 3 is 2.48 bits per heavy atom. The van der Waals surface area contributed by atoms with Crippen LogP contribution in [0.25, 0.3) is 0 Å². The summed E-state index contributed by atoms with van der Waals surface area (Å²) in [6.07, 6.45) is 0.325. The van der Waals surface area contributed by atoms with Crippen LogP contribution in [0.5, 0.6) is 11.5 Å². The molecule has 8 nitrogen and oxygen atoms in total. The first-order chi connectivity index (χ1) is 13.1. The molecule has 1 N–H and O–H groups in total. The summed E-state index contributed by atoms with van der Waals surface area (Å²) in [6.45, 7) is 4.88. The Morgan fingerprint density at radius 1 is 1.15 bits per heavy atom. The topological polar surface area (TPSA) is 75.6 Å². The fourth-order valence-electron chi connectivity index (χ4n) is 3.07. The largest absolute Gasteiger partial charge is 0.497 e. The van der Waals surface area contributed by atoms with E-state index in [9.17, 15) is 4.79 Å². The molecule has 2 rings (SSSR count). The van der Waals surface area contributed by atoms with E-state index in [1.54, 1.807) is 21.3 Å². The number of aliphatic imine (C=N–C) groups is 1. The highest BCUT2D eigenvalue weighted by Gasteiger charge is 2.21. The number of carbonyl (C=O) groups excluding carboxylic acids is 1. The third kappa shape index (κ3) is 6.02. The molecule has 0 atom stereocenters. The number of ether oxygens (including phenoxy) is 3. The molecule has 1 fully saturated rings. The second kappa shape index (κ2) is 10.6. The highest BCUT2D eigenvalue weighted by molar-refractivity contribution is 5.80. The van der Waals surface area contributed by atoms with Gasteiger partial charge in [0.25, 0.3) is 0 Å². The Hall–Kier alpha value is -2.48. The van der Waals surface area contributed by atoms with Gasteiger partial charge in [0.15, 0.2) is 5.96 Å². The fourth-order valence-corrected chi connectivity index (χ4v) is 3.07. The molecule has 0 aliphatic carbocycles. The number of hydrogen-bond acceptors (Lipinski definition) is 6. The van der Waals surface area contributed by atoms with E-state index in [1.807, 2.05) is 18.2 Å². The van der Waals surface area contributed by atoms with E-state index >= 15 is 0 Å². The summed E-state index contributed by atoms with van der Waals surface area (Å²) < 4.78 is 15.5. The van der Waals surface area contributed by atoms with E-state index in [-0.39, 0.29) is 5.97 Å². The van der Waals surface area contributed by atoms with Gasteiger partial charge in [0.1, 0.15) is 11.5 Å². The molecule has 0 aromatic heterocycles. The summed E-state index contributed by atoms with van der Waals surface area (Å²) in [5, 5.41) is 3.22. The molecule has 0 radical (unpaired) electrons. The fraction of sp³-hybridized carbons (Fsp3) is 0.579. The van der Waals surface area contributed by atoms with Gasteiger partial charge >= 0.3 is 5.97 Å². The lowest BCUT2D eigenvalue weighted by Crippen LogP contribution is -2.52. The molecule has 1 saturated heterocycles. The van der Waals surface area contributed by atoms with Crippen LogP contribution in [0.2, 0.25) is 0 Å². The molecular formula is C19H30N4O4. The van der Waals surface area contributed by atoms with Gasteiger partial charge in [-0.05, 0) is 18.2 Å². The lowest BCUT2D eigenvalue weighted by atomic mass is 10.1. The number of piperazine rings is 1. The highest BCUT2D eigenvalue weighted by atomic mass is 16.5. The zero-order chi connectivity index (χ0) is 19.6. The summed E-state index contributed by atoms with van der Waals surface area (Å²) in [6, 6.07) is 5.88. The van der Waals surface area contributed by atoms with Crippen LogP contribution in [-0.4, -0.2) is 82.8 Å². The number of nitrogens with zero attached hydrogens (tertiary/aromatic N) is 3. The number of benzene rings is 1. The summed E-state index contributed by atoms with van der Waals surface area (Å²) in [7, 11) is 6.51. The first kappa shape index (κ1) is 20.8. The molecule has 1 heterocycles. The van der Waals surface area contributed by atoms with Gasteiger partial charge in [-0.15, -0.1) is 0 Å². The monoisotopic (exact) mass is 378 g/mol. The van der Waals surface area contributed by atoms with Crippen LogP contribution in [0.15, 0.2) is 23.2 Å². The summed E-state index contributed by atoms with van der Waals surface area (Å²) >= 11 is 0. The Balaban J connectivity index is 1.86. The minimum atomic E-state index is -0.227. The van der Waals surface area contributed by atoms with Crippen molar-refractivity contribution in [3.63, 3.8) is 0 Å². The molecule has 27 heavy (non-hydrogen) atoms. The minimum absolute atomic E-state index is 0.227. The van der Waals surface area contributed by atoms with E-state index in [2.05, 4.69) is 24.8 Å². The third-order valence-corrected chi connectivity index (χ3v) is 4.61. The number of carbonyl (C=O) groups is 1. The predicted molar refractivity (Wildman–Crippen MR) is 104 cm³/mol. The lowest BCUT2D eigenvalue weighted by molar-refractivity contribution is -0.140. The Kier molecular flexibility index (Phi) is 8.19. The van der Waals surface area contributed by atoms with Gasteiger partial charge in [-0.25, -0.2) is 0 Å². The van der Waals surface area contributed by atoms with E-state index in [4.69, 9.17) is 9.47 Å². The van der Waals surface area contributed by atoms with Crippen molar-refractivity contribution in [3.8, 4) is 11.5 Å². The van der Waals surface area contributed by atoms with Gasteiger partial charge in [-0.3, -0.25) is 14.7 Å². The van der Waals surface area contributed by atoms with E-state index < -0.39 is 0 Å². The van der Waals surface area contributed by atoms with Crippen molar-refractivity contribution >= 4 is 11.9 Å². The molecule has 1 aliphatic heterocycles. The molecule has 0 spiro atoms. The maximum atomic E-state index is 11.2. The molecule has 8 heteroatoms. The maximum absolute atomic E-state index is 11.2. The average Bonchev–Trinajstić information content (AvgIpc) is 2.71. The number of rotatable bonds is 7. The van der Waals surface area contributed by atoms with Crippen molar-refractivity contribution in [1.29, 1.82) is 0 Å². The van der Waals surface area contributed by atoms with Crippen molar-refractivity contribution in [3.05, 3.63) is 23.8 Å². The molecule has 1 aliphatic rings. The quantitative estimate of drug-likeness (QED) is 0.430. The maximum Gasteiger partial charge on any atom is 0.307 e. The first-order valence-electron chi connectivity index (χ1n) is 9.07. The summed E-state index contributed by atoms with van der Waals surface area (Å²) in [5.74, 6) is 2.30. The molecule has 0 saturated carbocycles. The molecule has 0 unspecified atom stereocenters. The van der Waals surface area contributed by atoms with Crippen molar-refractivity contribution in [2.24, 2.45) is 4.99 Å². The van der Waals surface area contributed by atoms with Gasteiger partial charge in [-0.2, -0.15) is 0 Å². The lowest BCUT2D eigenvalue weighted by Gasteiger charge is -2.36. The highest BCUT2D eigenvalue weighted by Crippen LogP contribution is 2.25. The van der Waals surface area contributed by atoms with Crippen molar-refractivity contribution in [2.75, 3.05) is 61.1 Å². The van der Waals surface area contributed by atoms with Gasteiger partial charge in [-0.1, -0.05) is 0 Å². The van der Waals surface area contributed by atoms with Crippen LogP contribution in [0.4, 0.5) is 0 Å². The molecule has 0 amide bonds. The molecule has 1 aromatic rings.